The van der Waals surface area contributed by atoms with Gasteiger partial charge >= 0.3 is 0 Å². The van der Waals surface area contributed by atoms with Gasteiger partial charge in [-0.15, -0.1) is 16.4 Å². The standard InChI is InChI=1S/C25H30FN7O4S/c1-16(2)11-20-24(35)27-6-8-32(25(36)21-14-38-15-28-21)7-5-18-13-33(31-30-18)9-10-37-22-4-3-17(26)12-19(22)23(34)29-20/h3-4,12-16,20H,5-11H2,1-2H3,(H,27,35)(H,29,34)/t20-/m1/s1. The number of hydrogen-bond donors (Lipinski definition) is 2. The van der Waals surface area contributed by atoms with Gasteiger partial charge in [-0.2, -0.15) is 0 Å². The number of benzene rings is 1. The lowest BCUT2D eigenvalue weighted by molar-refractivity contribution is -0.123. The number of carbonyl (C=O) groups excluding carboxylic acids is 3. The number of halogens is 1. The number of hydrogen-bond acceptors (Lipinski definition) is 8. The van der Waals surface area contributed by atoms with E-state index >= 15 is 0 Å². The van der Waals surface area contributed by atoms with Gasteiger partial charge in [-0.25, -0.2) is 14.1 Å². The monoisotopic (exact) mass is 543 g/mol. The van der Waals surface area contributed by atoms with Gasteiger partial charge in [-0.05, 0) is 30.5 Å². The molecule has 0 unspecified atom stereocenters. The van der Waals surface area contributed by atoms with Crippen LogP contribution in [0.25, 0.3) is 0 Å². The minimum absolute atomic E-state index is 0.00742. The number of thiazole rings is 1. The first-order valence-corrected chi connectivity index (χ1v) is 13.3. The highest BCUT2D eigenvalue weighted by molar-refractivity contribution is 7.07. The summed E-state index contributed by atoms with van der Waals surface area (Å²) in [6.45, 7) is 5.12. The summed E-state index contributed by atoms with van der Waals surface area (Å²) >= 11 is 1.33. The van der Waals surface area contributed by atoms with Crippen LogP contribution < -0.4 is 15.4 Å². The number of carbonyl (C=O) groups is 3. The quantitative estimate of drug-likeness (QED) is 0.516. The molecule has 3 amide bonds. The van der Waals surface area contributed by atoms with Crippen molar-refractivity contribution >= 4 is 29.1 Å². The van der Waals surface area contributed by atoms with Gasteiger partial charge in [0.25, 0.3) is 11.8 Å². The molecule has 1 atom stereocenters. The van der Waals surface area contributed by atoms with Crippen LogP contribution in [0.2, 0.25) is 0 Å². The van der Waals surface area contributed by atoms with Crippen LogP contribution in [0.3, 0.4) is 0 Å². The predicted octanol–water partition coefficient (Wildman–Crippen LogP) is 1.91. The van der Waals surface area contributed by atoms with Gasteiger partial charge < -0.3 is 20.3 Å². The summed E-state index contributed by atoms with van der Waals surface area (Å²) < 4.78 is 21.4. The molecule has 0 radical (unpaired) electrons. The van der Waals surface area contributed by atoms with Crippen LogP contribution in [0.1, 0.15) is 46.8 Å². The molecule has 0 fully saturated rings. The number of fused-ring (bicyclic) bond motifs is 3. The molecule has 38 heavy (non-hydrogen) atoms. The minimum atomic E-state index is -0.857. The first-order valence-electron chi connectivity index (χ1n) is 12.4. The van der Waals surface area contributed by atoms with Gasteiger partial charge in [0.2, 0.25) is 5.91 Å². The van der Waals surface area contributed by atoms with Gasteiger partial charge in [0.05, 0.1) is 23.3 Å². The summed E-state index contributed by atoms with van der Waals surface area (Å²) in [5.41, 5.74) is 2.60. The van der Waals surface area contributed by atoms with Gasteiger partial charge in [0.1, 0.15) is 29.9 Å². The molecule has 3 heterocycles. The molecule has 1 aromatic carbocycles. The second-order valence-corrected chi connectivity index (χ2v) is 10.0. The number of nitrogens with zero attached hydrogens (tertiary/aromatic N) is 5. The normalized spacial score (nSPS) is 17.6. The van der Waals surface area contributed by atoms with Crippen LogP contribution in [0.5, 0.6) is 5.75 Å². The second-order valence-electron chi connectivity index (χ2n) is 9.32. The third-order valence-corrected chi connectivity index (χ3v) is 6.52. The summed E-state index contributed by atoms with van der Waals surface area (Å²) in [6, 6.07) is 2.83. The molecule has 202 valence electrons. The highest BCUT2D eigenvalue weighted by atomic mass is 32.1. The Hall–Kier alpha value is -3.87. The SMILES string of the molecule is CC(C)C[C@H]1NC(=O)c2cc(F)ccc2OCCn2cc(nn2)CCN(C(=O)c2cscn2)CCNC1=O. The van der Waals surface area contributed by atoms with Crippen molar-refractivity contribution in [2.75, 3.05) is 26.2 Å². The zero-order chi connectivity index (χ0) is 27.1. The molecule has 0 saturated heterocycles. The van der Waals surface area contributed by atoms with Gasteiger partial charge in [0, 0.05) is 37.6 Å². The lowest BCUT2D eigenvalue weighted by Gasteiger charge is -2.24. The molecule has 3 aromatic rings. The Balaban J connectivity index is 1.58. The summed E-state index contributed by atoms with van der Waals surface area (Å²) in [6.07, 6.45) is 2.59. The van der Waals surface area contributed by atoms with Gasteiger partial charge in [-0.1, -0.05) is 19.1 Å². The largest absolute Gasteiger partial charge is 0.491 e. The van der Waals surface area contributed by atoms with Crippen molar-refractivity contribution in [3.8, 4) is 5.75 Å². The van der Waals surface area contributed by atoms with Crippen LogP contribution in [0.15, 0.2) is 35.3 Å². The van der Waals surface area contributed by atoms with E-state index in [1.807, 2.05) is 13.8 Å². The first-order chi connectivity index (χ1) is 18.3. The number of ether oxygens (including phenoxy) is 1. The van der Waals surface area contributed by atoms with Crippen molar-refractivity contribution in [2.24, 2.45) is 5.92 Å². The van der Waals surface area contributed by atoms with Crippen molar-refractivity contribution in [1.29, 1.82) is 0 Å². The molecule has 0 spiro atoms. The smallest absolute Gasteiger partial charge is 0.273 e. The van der Waals surface area contributed by atoms with Crippen molar-refractivity contribution in [2.45, 2.75) is 39.3 Å². The molecule has 0 saturated carbocycles. The Labute approximate surface area is 223 Å². The fraction of sp³-hybridized carbons (Fsp3) is 0.440. The Morgan fingerprint density at radius 3 is 2.87 bits per heavy atom. The molecule has 2 bridgehead atoms. The third-order valence-electron chi connectivity index (χ3n) is 5.94. The first kappa shape index (κ1) is 27.2. The fourth-order valence-corrected chi connectivity index (χ4v) is 4.56. The zero-order valence-corrected chi connectivity index (χ0v) is 22.0. The second kappa shape index (κ2) is 12.6. The van der Waals surface area contributed by atoms with Crippen LogP contribution in [-0.4, -0.2) is 74.9 Å². The highest BCUT2D eigenvalue weighted by Crippen LogP contribution is 2.21. The van der Waals surface area contributed by atoms with E-state index in [0.717, 1.165) is 6.07 Å². The summed E-state index contributed by atoms with van der Waals surface area (Å²) in [4.78, 5) is 45.0. The van der Waals surface area contributed by atoms with Crippen LogP contribution in [0, 0.1) is 11.7 Å². The Kier molecular flexibility index (Phi) is 9.00. The lowest BCUT2D eigenvalue weighted by atomic mass is 10.0. The molecule has 2 N–H and O–H groups in total. The number of aromatic nitrogens is 4. The molecule has 1 aliphatic rings. The van der Waals surface area contributed by atoms with E-state index in [4.69, 9.17) is 4.74 Å². The lowest BCUT2D eigenvalue weighted by Crippen LogP contribution is -2.49. The molecule has 2 aromatic heterocycles. The zero-order valence-electron chi connectivity index (χ0n) is 21.2. The predicted molar refractivity (Wildman–Crippen MR) is 137 cm³/mol. The maximum absolute atomic E-state index is 14.0. The molecule has 4 rings (SSSR count). The molecule has 11 nitrogen and oxygen atoms in total. The topological polar surface area (TPSA) is 131 Å². The van der Waals surface area contributed by atoms with Crippen molar-refractivity contribution in [1.82, 2.24) is 35.5 Å². The van der Waals surface area contributed by atoms with Crippen molar-refractivity contribution in [3.05, 3.63) is 58.1 Å². The van der Waals surface area contributed by atoms with E-state index in [9.17, 15) is 18.8 Å². The molecule has 13 heteroatoms. The minimum Gasteiger partial charge on any atom is -0.491 e. The van der Waals surface area contributed by atoms with Gasteiger partial charge in [0.15, 0.2) is 0 Å². The average Bonchev–Trinajstić information content (AvgIpc) is 3.58. The summed E-state index contributed by atoms with van der Waals surface area (Å²) in [5.74, 6) is -1.56. The Morgan fingerprint density at radius 1 is 1.26 bits per heavy atom. The van der Waals surface area contributed by atoms with E-state index in [1.54, 1.807) is 26.7 Å². The molecular formula is C25H30FN7O4S. The Bertz CT molecular complexity index is 1260. The van der Waals surface area contributed by atoms with E-state index in [0.29, 0.717) is 37.3 Å². The van der Waals surface area contributed by atoms with Gasteiger partial charge in [-0.3, -0.25) is 14.4 Å². The van der Waals surface area contributed by atoms with Crippen LogP contribution in [0.4, 0.5) is 4.39 Å². The molecular weight excluding hydrogens is 513 g/mol. The third kappa shape index (κ3) is 7.12. The van der Waals surface area contributed by atoms with Crippen molar-refractivity contribution in [3.63, 3.8) is 0 Å². The fourth-order valence-electron chi connectivity index (χ4n) is 4.04. The summed E-state index contributed by atoms with van der Waals surface area (Å²) in [5, 5.41) is 15.5. The highest BCUT2D eigenvalue weighted by Gasteiger charge is 2.25. The maximum Gasteiger partial charge on any atom is 0.273 e. The van der Waals surface area contributed by atoms with Crippen molar-refractivity contribution < 1.29 is 23.5 Å². The van der Waals surface area contributed by atoms with Crippen LogP contribution >= 0.6 is 11.3 Å². The van der Waals surface area contributed by atoms with Crippen LogP contribution in [-0.2, 0) is 17.8 Å². The average molecular weight is 544 g/mol. The molecule has 1 aliphatic heterocycles. The van der Waals surface area contributed by atoms with E-state index in [-0.39, 0.29) is 42.8 Å². The molecule has 0 aliphatic carbocycles. The number of nitrogens with one attached hydrogen (secondary N) is 2. The number of rotatable bonds is 3. The Morgan fingerprint density at radius 2 is 2.11 bits per heavy atom. The van der Waals surface area contributed by atoms with E-state index < -0.39 is 23.7 Å². The number of amides is 3. The summed E-state index contributed by atoms with van der Waals surface area (Å²) in [7, 11) is 0. The van der Waals surface area contributed by atoms with E-state index in [1.165, 1.54) is 23.5 Å². The van der Waals surface area contributed by atoms with E-state index in [2.05, 4.69) is 25.9 Å². The maximum atomic E-state index is 14.0.